The van der Waals surface area contributed by atoms with Crippen molar-refractivity contribution in [3.63, 3.8) is 0 Å². The highest BCUT2D eigenvalue weighted by Crippen LogP contribution is 2.37. The first-order chi connectivity index (χ1) is 12.2. The molecule has 27 heavy (non-hydrogen) atoms. The molecule has 0 saturated carbocycles. The number of likely N-dealkylation sites (tertiary alicyclic amines) is 1. The van der Waals surface area contributed by atoms with Crippen molar-refractivity contribution >= 4 is 22.0 Å². The maximum atomic E-state index is 12.8. The summed E-state index contributed by atoms with van der Waals surface area (Å²) in [5, 5.41) is 18.3. The summed E-state index contributed by atoms with van der Waals surface area (Å²) >= 11 is 0. The van der Waals surface area contributed by atoms with Gasteiger partial charge in [0.05, 0.1) is 16.0 Å². The van der Waals surface area contributed by atoms with E-state index in [1.807, 2.05) is 34.7 Å². The molecule has 0 spiro atoms. The molecule has 0 aliphatic carbocycles. The molecule has 1 aliphatic heterocycles. The van der Waals surface area contributed by atoms with Crippen LogP contribution in [0.3, 0.4) is 0 Å². The van der Waals surface area contributed by atoms with Crippen LogP contribution in [0.25, 0.3) is 0 Å². The molecule has 1 saturated heterocycles. The Morgan fingerprint density at radius 2 is 1.41 bits per heavy atom. The van der Waals surface area contributed by atoms with Crippen LogP contribution in [0, 0.1) is 0 Å². The molecule has 0 atom stereocenters. The number of nitrogens with zero attached hydrogens (tertiary/aromatic N) is 1. The summed E-state index contributed by atoms with van der Waals surface area (Å²) in [6.07, 6.45) is 1.13. The largest absolute Gasteiger partial charge is 0.478 e. The van der Waals surface area contributed by atoms with Gasteiger partial charge in [-0.1, -0.05) is 0 Å². The molecular weight excluding hydrogens is 372 g/mol. The van der Waals surface area contributed by atoms with Gasteiger partial charge < -0.3 is 10.2 Å². The highest BCUT2D eigenvalue weighted by molar-refractivity contribution is 7.89. The van der Waals surface area contributed by atoms with E-state index < -0.39 is 22.0 Å². The lowest BCUT2D eigenvalue weighted by atomic mass is 9.78. The van der Waals surface area contributed by atoms with Crippen LogP contribution in [-0.2, 0) is 10.0 Å². The Hall–Kier alpha value is -1.97. The molecule has 150 valence electrons. The number of benzene rings is 1. The second-order valence-corrected chi connectivity index (χ2v) is 9.98. The first-order valence-electron chi connectivity index (χ1n) is 8.54. The second-order valence-electron chi connectivity index (χ2n) is 8.27. The van der Waals surface area contributed by atoms with Gasteiger partial charge in [0.15, 0.2) is 0 Å². The van der Waals surface area contributed by atoms with Gasteiger partial charge in [-0.2, -0.15) is 0 Å². The minimum Gasteiger partial charge on any atom is -0.478 e. The summed E-state index contributed by atoms with van der Waals surface area (Å²) in [6.45, 7) is 8.12. The number of hydrogen-bond acceptors (Lipinski definition) is 5. The van der Waals surface area contributed by atoms with Crippen molar-refractivity contribution in [1.29, 1.82) is 0 Å². The maximum absolute atomic E-state index is 12.8. The fourth-order valence-corrected chi connectivity index (χ4v) is 5.05. The topological polar surface area (TPSA) is 124 Å². The quantitative estimate of drug-likeness (QED) is 0.693. The SMILES string of the molecule is CN1C(C)(C)CC(NS(=O)(=O)c2cc(C(=O)O)cc(C(=O)O)c2)CC1(C)C. The Labute approximate surface area is 159 Å². The summed E-state index contributed by atoms with van der Waals surface area (Å²) < 4.78 is 28.3. The lowest BCUT2D eigenvalue weighted by Gasteiger charge is -2.53. The number of rotatable bonds is 5. The van der Waals surface area contributed by atoms with E-state index in [0.717, 1.165) is 18.2 Å². The number of carbonyl (C=O) groups is 2. The summed E-state index contributed by atoms with van der Waals surface area (Å²) in [5.41, 5.74) is -1.27. The predicted molar refractivity (Wildman–Crippen MR) is 99.6 cm³/mol. The summed E-state index contributed by atoms with van der Waals surface area (Å²) in [6, 6.07) is 2.52. The Morgan fingerprint density at radius 3 is 1.78 bits per heavy atom. The smallest absolute Gasteiger partial charge is 0.335 e. The molecule has 8 nitrogen and oxygen atoms in total. The van der Waals surface area contributed by atoms with E-state index in [9.17, 15) is 18.0 Å². The van der Waals surface area contributed by atoms with Crippen molar-refractivity contribution in [3.05, 3.63) is 29.3 Å². The van der Waals surface area contributed by atoms with E-state index in [1.54, 1.807) is 0 Å². The van der Waals surface area contributed by atoms with Gasteiger partial charge >= 0.3 is 11.9 Å². The minimum absolute atomic E-state index is 0.246. The molecule has 0 aromatic heterocycles. The van der Waals surface area contributed by atoms with Gasteiger partial charge in [0.2, 0.25) is 10.0 Å². The first kappa shape index (κ1) is 21.3. The van der Waals surface area contributed by atoms with Crippen LogP contribution in [0.4, 0.5) is 0 Å². The number of piperidine rings is 1. The zero-order valence-electron chi connectivity index (χ0n) is 16.1. The van der Waals surface area contributed by atoms with Crippen molar-refractivity contribution in [2.24, 2.45) is 0 Å². The molecule has 2 rings (SSSR count). The number of aromatic carboxylic acids is 2. The van der Waals surface area contributed by atoms with E-state index in [1.165, 1.54) is 0 Å². The fourth-order valence-electron chi connectivity index (χ4n) is 3.74. The van der Waals surface area contributed by atoms with Crippen LogP contribution < -0.4 is 4.72 Å². The van der Waals surface area contributed by atoms with Crippen molar-refractivity contribution < 1.29 is 28.2 Å². The predicted octanol–water partition coefficient (Wildman–Crippen LogP) is 2.01. The molecule has 9 heteroatoms. The average molecular weight is 398 g/mol. The molecule has 0 amide bonds. The van der Waals surface area contributed by atoms with Crippen LogP contribution in [0.1, 0.15) is 61.3 Å². The highest BCUT2D eigenvalue weighted by Gasteiger charge is 2.44. The molecule has 1 aromatic carbocycles. The summed E-state index contributed by atoms with van der Waals surface area (Å²) in [7, 11) is -2.08. The number of nitrogens with one attached hydrogen (secondary N) is 1. The molecular formula is C18H26N2O6S. The molecule has 0 bridgehead atoms. The summed E-state index contributed by atoms with van der Waals surface area (Å²) in [4.78, 5) is 24.3. The third kappa shape index (κ3) is 4.48. The second kappa shape index (κ2) is 6.88. The number of carboxylic acids is 2. The average Bonchev–Trinajstić information content (AvgIpc) is 2.51. The zero-order chi connectivity index (χ0) is 20.8. The van der Waals surface area contributed by atoms with Crippen molar-refractivity contribution in [3.8, 4) is 0 Å². The number of sulfonamides is 1. The molecule has 1 aliphatic rings. The monoisotopic (exact) mass is 398 g/mol. The third-order valence-corrected chi connectivity index (χ3v) is 6.84. The van der Waals surface area contributed by atoms with Gasteiger partial charge in [-0.3, -0.25) is 4.90 Å². The van der Waals surface area contributed by atoms with Gasteiger partial charge in [-0.25, -0.2) is 22.7 Å². The Morgan fingerprint density at radius 1 is 1.00 bits per heavy atom. The Balaban J connectivity index is 2.39. The maximum Gasteiger partial charge on any atom is 0.335 e. The normalized spacial score (nSPS) is 20.3. The van der Waals surface area contributed by atoms with Gasteiger partial charge in [-0.05, 0) is 65.8 Å². The Kier molecular flexibility index (Phi) is 5.44. The lowest BCUT2D eigenvalue weighted by molar-refractivity contribution is -0.0140. The van der Waals surface area contributed by atoms with E-state index in [-0.39, 0.29) is 33.1 Å². The van der Waals surface area contributed by atoms with E-state index in [0.29, 0.717) is 12.8 Å². The fraction of sp³-hybridized carbons (Fsp3) is 0.556. The molecule has 1 fully saturated rings. The molecule has 1 heterocycles. The summed E-state index contributed by atoms with van der Waals surface area (Å²) in [5.74, 6) is -2.78. The van der Waals surface area contributed by atoms with Gasteiger partial charge in [0.1, 0.15) is 0 Å². The Bertz CT molecular complexity index is 826. The van der Waals surface area contributed by atoms with Crippen LogP contribution in [0.5, 0.6) is 0 Å². The van der Waals surface area contributed by atoms with Gasteiger partial charge in [0, 0.05) is 17.1 Å². The molecule has 1 aromatic rings. The highest BCUT2D eigenvalue weighted by atomic mass is 32.2. The lowest BCUT2D eigenvalue weighted by Crippen LogP contribution is -2.62. The third-order valence-electron chi connectivity index (χ3n) is 5.34. The van der Waals surface area contributed by atoms with Crippen LogP contribution in [0.15, 0.2) is 23.1 Å². The number of carboxylic acid groups (broad SMARTS) is 2. The van der Waals surface area contributed by atoms with Crippen LogP contribution in [0.2, 0.25) is 0 Å². The van der Waals surface area contributed by atoms with E-state index in [4.69, 9.17) is 10.2 Å². The first-order valence-corrected chi connectivity index (χ1v) is 10.0. The molecule has 0 unspecified atom stereocenters. The molecule has 0 radical (unpaired) electrons. The van der Waals surface area contributed by atoms with Crippen molar-refractivity contribution in [2.75, 3.05) is 7.05 Å². The van der Waals surface area contributed by atoms with Gasteiger partial charge in [0.25, 0.3) is 0 Å². The molecule has 3 N–H and O–H groups in total. The van der Waals surface area contributed by atoms with E-state index in [2.05, 4.69) is 9.62 Å². The van der Waals surface area contributed by atoms with Crippen molar-refractivity contribution in [1.82, 2.24) is 9.62 Å². The van der Waals surface area contributed by atoms with Crippen molar-refractivity contribution in [2.45, 2.75) is 62.6 Å². The van der Waals surface area contributed by atoms with Gasteiger partial charge in [-0.15, -0.1) is 0 Å². The minimum atomic E-state index is -4.08. The number of hydrogen-bond donors (Lipinski definition) is 3. The zero-order valence-corrected chi connectivity index (χ0v) is 16.9. The van der Waals surface area contributed by atoms with Crippen LogP contribution >= 0.6 is 0 Å². The van der Waals surface area contributed by atoms with Crippen LogP contribution in [-0.4, -0.2) is 59.6 Å². The standard InChI is InChI=1S/C18H26N2O6S/c1-17(2)9-13(10-18(3,4)20(17)5)19-27(25,26)14-7-11(15(21)22)6-12(8-14)16(23)24/h6-8,13,19H,9-10H2,1-5H3,(H,21,22)(H,23,24). The van der Waals surface area contributed by atoms with E-state index >= 15 is 0 Å².